The fourth-order valence-corrected chi connectivity index (χ4v) is 4.22. The molecule has 1 heterocycles. The molecule has 1 aliphatic rings. The summed E-state index contributed by atoms with van der Waals surface area (Å²) in [5, 5.41) is 11.7. The summed E-state index contributed by atoms with van der Waals surface area (Å²) in [7, 11) is 1.40. The SMILES string of the molecule is COc1c(C2(O)CCN(C(=O)OC(C)(C)C)C2)cc(OC(=O)OC(C)(C)C)c(C(=O)Oc2ccccc2)c1C. The zero-order valence-electron chi connectivity index (χ0n) is 23.7. The van der Waals surface area contributed by atoms with E-state index in [0.717, 1.165) is 0 Å². The molecule has 1 N–H and O–H groups in total. The molecule has 10 nitrogen and oxygen atoms in total. The summed E-state index contributed by atoms with van der Waals surface area (Å²) < 4.78 is 27.4. The van der Waals surface area contributed by atoms with Crippen molar-refractivity contribution in [1.29, 1.82) is 0 Å². The molecule has 0 saturated carbocycles. The fourth-order valence-electron chi connectivity index (χ4n) is 4.22. The van der Waals surface area contributed by atoms with Crippen LogP contribution in [-0.4, -0.2) is 59.6 Å². The van der Waals surface area contributed by atoms with Gasteiger partial charge < -0.3 is 33.7 Å². The lowest BCUT2D eigenvalue weighted by molar-refractivity contribution is 0.0130. The Balaban J connectivity index is 2.07. The maximum atomic E-state index is 13.3. The van der Waals surface area contributed by atoms with Crippen LogP contribution in [0.15, 0.2) is 36.4 Å². The van der Waals surface area contributed by atoms with Crippen molar-refractivity contribution in [1.82, 2.24) is 4.90 Å². The van der Waals surface area contributed by atoms with Gasteiger partial charge in [-0.25, -0.2) is 14.4 Å². The van der Waals surface area contributed by atoms with Gasteiger partial charge in [-0.15, -0.1) is 0 Å². The summed E-state index contributed by atoms with van der Waals surface area (Å²) in [6.45, 7) is 12.0. The Morgan fingerprint density at radius 3 is 2.13 bits per heavy atom. The lowest BCUT2D eigenvalue weighted by Crippen LogP contribution is -2.38. The van der Waals surface area contributed by atoms with Gasteiger partial charge in [-0.2, -0.15) is 0 Å². The summed E-state index contributed by atoms with van der Waals surface area (Å²) in [4.78, 5) is 40.1. The molecule has 39 heavy (non-hydrogen) atoms. The maximum Gasteiger partial charge on any atom is 0.514 e. The first-order valence-electron chi connectivity index (χ1n) is 12.6. The summed E-state index contributed by atoms with van der Waals surface area (Å²) in [5.74, 6) is -0.491. The van der Waals surface area contributed by atoms with Crippen molar-refractivity contribution in [2.45, 2.75) is 71.7 Å². The number of hydrogen-bond donors (Lipinski definition) is 1. The molecule has 0 bridgehead atoms. The Bertz CT molecular complexity index is 1230. The van der Waals surface area contributed by atoms with Gasteiger partial charge in [0.2, 0.25) is 0 Å². The summed E-state index contributed by atoms with van der Waals surface area (Å²) >= 11 is 0. The minimum atomic E-state index is -1.58. The number of amides is 1. The maximum absolute atomic E-state index is 13.3. The molecule has 1 fully saturated rings. The van der Waals surface area contributed by atoms with E-state index in [1.807, 2.05) is 0 Å². The zero-order chi connectivity index (χ0) is 29.2. The molecule has 0 spiro atoms. The third-order valence-corrected chi connectivity index (χ3v) is 5.83. The van der Waals surface area contributed by atoms with E-state index in [4.69, 9.17) is 23.7 Å². The highest BCUT2D eigenvalue weighted by molar-refractivity contribution is 5.97. The van der Waals surface area contributed by atoms with E-state index in [9.17, 15) is 19.5 Å². The topological polar surface area (TPSA) is 121 Å². The van der Waals surface area contributed by atoms with Crippen molar-refractivity contribution >= 4 is 18.2 Å². The van der Waals surface area contributed by atoms with E-state index in [1.165, 1.54) is 18.1 Å². The monoisotopic (exact) mass is 543 g/mol. The molecule has 1 atom stereocenters. The van der Waals surface area contributed by atoms with Crippen molar-refractivity contribution in [2.75, 3.05) is 20.2 Å². The summed E-state index contributed by atoms with van der Waals surface area (Å²) in [6.07, 6.45) is -1.45. The van der Waals surface area contributed by atoms with Crippen LogP contribution >= 0.6 is 0 Å². The number of benzene rings is 2. The first-order chi connectivity index (χ1) is 18.0. The Morgan fingerprint density at radius 1 is 0.949 bits per heavy atom. The van der Waals surface area contributed by atoms with Crippen LogP contribution in [0.25, 0.3) is 0 Å². The molecule has 2 aromatic carbocycles. The molecule has 1 saturated heterocycles. The average Bonchev–Trinajstić information content (AvgIpc) is 3.20. The number of likely N-dealkylation sites (tertiary alicyclic amines) is 1. The number of ether oxygens (including phenoxy) is 5. The molecule has 3 rings (SSSR count). The number of para-hydroxylation sites is 1. The molecular weight excluding hydrogens is 506 g/mol. The van der Waals surface area contributed by atoms with Crippen molar-refractivity contribution in [3.8, 4) is 17.2 Å². The van der Waals surface area contributed by atoms with Crippen molar-refractivity contribution < 1.29 is 43.2 Å². The molecule has 1 aliphatic heterocycles. The second kappa shape index (κ2) is 11.1. The highest BCUT2D eigenvalue weighted by Crippen LogP contribution is 2.44. The third-order valence-electron chi connectivity index (χ3n) is 5.83. The number of hydrogen-bond acceptors (Lipinski definition) is 9. The molecule has 0 radical (unpaired) electrons. The van der Waals surface area contributed by atoms with Crippen molar-refractivity contribution in [3.05, 3.63) is 53.1 Å². The Labute approximate surface area is 228 Å². The van der Waals surface area contributed by atoms with Gasteiger partial charge in [-0.1, -0.05) is 18.2 Å². The molecular formula is C29H37NO9. The van der Waals surface area contributed by atoms with Crippen LogP contribution < -0.4 is 14.2 Å². The summed E-state index contributed by atoms with van der Waals surface area (Å²) in [5.41, 5.74) is -2.70. The number of β-amino-alcohol motifs (C(OH)–C–C–N with tert-alkyl or cyclic N) is 1. The van der Waals surface area contributed by atoms with Gasteiger partial charge in [0.05, 0.1) is 13.7 Å². The minimum absolute atomic E-state index is 0.0732. The standard InChI is InChI=1S/C29H37NO9/c1-18-22(24(31)36-19-12-10-9-11-13-19)21(37-26(33)39-28(5,6)7)16-20(23(18)35-8)29(34)14-15-30(17-29)25(32)38-27(2,3)4/h9-13,16,34H,14-15,17H2,1-8H3. The largest absolute Gasteiger partial charge is 0.514 e. The predicted molar refractivity (Wildman–Crippen MR) is 142 cm³/mol. The van der Waals surface area contributed by atoms with E-state index < -0.39 is 35.0 Å². The van der Waals surface area contributed by atoms with E-state index in [-0.39, 0.29) is 53.4 Å². The number of aliphatic hydroxyl groups is 1. The fraction of sp³-hybridized carbons (Fsp3) is 0.483. The van der Waals surface area contributed by atoms with Crippen LogP contribution in [0.5, 0.6) is 17.2 Å². The second-order valence-corrected chi connectivity index (χ2v) is 11.4. The van der Waals surface area contributed by atoms with Gasteiger partial charge in [-0.3, -0.25) is 0 Å². The molecule has 0 aliphatic carbocycles. The number of esters is 1. The van der Waals surface area contributed by atoms with E-state index in [0.29, 0.717) is 0 Å². The van der Waals surface area contributed by atoms with Crippen LogP contribution in [0.3, 0.4) is 0 Å². The molecule has 212 valence electrons. The van der Waals surface area contributed by atoms with Gasteiger partial charge in [0.25, 0.3) is 0 Å². The van der Waals surface area contributed by atoms with Gasteiger partial charge in [0.15, 0.2) is 0 Å². The van der Waals surface area contributed by atoms with Gasteiger partial charge in [0, 0.05) is 17.7 Å². The summed E-state index contributed by atoms with van der Waals surface area (Å²) in [6, 6.07) is 9.78. The number of rotatable bonds is 5. The Hall–Kier alpha value is -3.79. The van der Waals surface area contributed by atoms with Crippen LogP contribution in [0.2, 0.25) is 0 Å². The number of carbonyl (C=O) groups excluding carboxylic acids is 3. The first-order valence-corrected chi connectivity index (χ1v) is 12.6. The third kappa shape index (κ3) is 7.41. The Kier molecular flexibility index (Phi) is 8.50. The number of methoxy groups -OCH3 is 1. The molecule has 2 aromatic rings. The van der Waals surface area contributed by atoms with Crippen LogP contribution in [0, 0.1) is 6.92 Å². The number of nitrogens with zero attached hydrogens (tertiary/aromatic N) is 1. The quantitative estimate of drug-likeness (QED) is 0.302. The predicted octanol–water partition coefficient (Wildman–Crippen LogP) is 5.37. The van der Waals surface area contributed by atoms with Crippen molar-refractivity contribution in [2.24, 2.45) is 0 Å². The average molecular weight is 544 g/mol. The van der Waals surface area contributed by atoms with E-state index >= 15 is 0 Å². The van der Waals surface area contributed by atoms with Gasteiger partial charge in [-0.05, 0) is 73.1 Å². The second-order valence-electron chi connectivity index (χ2n) is 11.4. The minimum Gasteiger partial charge on any atom is -0.496 e. The Morgan fingerprint density at radius 2 is 1.56 bits per heavy atom. The van der Waals surface area contributed by atoms with Crippen LogP contribution in [-0.2, 0) is 15.1 Å². The van der Waals surface area contributed by atoms with Crippen LogP contribution in [0.1, 0.15) is 69.4 Å². The van der Waals surface area contributed by atoms with E-state index in [1.54, 1.807) is 78.8 Å². The first kappa shape index (κ1) is 29.8. The van der Waals surface area contributed by atoms with Gasteiger partial charge >= 0.3 is 18.2 Å². The highest BCUT2D eigenvalue weighted by Gasteiger charge is 2.44. The number of carbonyl (C=O) groups is 3. The lowest BCUT2D eigenvalue weighted by atomic mass is 9.88. The van der Waals surface area contributed by atoms with E-state index in [2.05, 4.69) is 0 Å². The molecule has 10 heteroatoms. The molecule has 0 aromatic heterocycles. The highest BCUT2D eigenvalue weighted by atomic mass is 16.7. The zero-order valence-corrected chi connectivity index (χ0v) is 23.7. The van der Waals surface area contributed by atoms with Crippen molar-refractivity contribution in [3.63, 3.8) is 0 Å². The smallest absolute Gasteiger partial charge is 0.496 e. The van der Waals surface area contributed by atoms with Gasteiger partial charge in [0.1, 0.15) is 39.6 Å². The normalized spacial score (nSPS) is 17.4. The molecule has 1 unspecified atom stereocenters. The van der Waals surface area contributed by atoms with Crippen LogP contribution in [0.4, 0.5) is 9.59 Å². The molecule has 1 amide bonds. The lowest BCUT2D eigenvalue weighted by Gasteiger charge is -2.29.